The number of benzene rings is 1. The zero-order chi connectivity index (χ0) is 9.26. The molecule has 0 amide bonds. The molecule has 1 N–H and O–H groups in total. The number of aryl methyl sites for hydroxylation is 1. The highest BCUT2D eigenvalue weighted by Gasteiger charge is 2.01. The number of tetrazole rings is 1. The van der Waals surface area contributed by atoms with E-state index in [-0.39, 0.29) is 5.69 Å². The summed E-state index contributed by atoms with van der Waals surface area (Å²) < 4.78 is 1.22. The maximum Gasteiger partial charge on any atom is 0.365 e. The molecule has 0 saturated heterocycles. The fourth-order valence-corrected chi connectivity index (χ4v) is 1.13. The van der Waals surface area contributed by atoms with E-state index in [0.29, 0.717) is 0 Å². The quantitative estimate of drug-likeness (QED) is 0.678. The summed E-state index contributed by atoms with van der Waals surface area (Å²) in [6, 6.07) is 7.49. The van der Waals surface area contributed by atoms with Crippen molar-refractivity contribution >= 4 is 0 Å². The van der Waals surface area contributed by atoms with Crippen LogP contribution in [0.15, 0.2) is 29.1 Å². The summed E-state index contributed by atoms with van der Waals surface area (Å²) in [7, 11) is 0. The summed E-state index contributed by atoms with van der Waals surface area (Å²) in [5.74, 6) is 0. The van der Waals surface area contributed by atoms with E-state index in [9.17, 15) is 4.79 Å². The van der Waals surface area contributed by atoms with E-state index < -0.39 is 0 Å². The lowest BCUT2D eigenvalue weighted by Gasteiger charge is -1.97. The van der Waals surface area contributed by atoms with Gasteiger partial charge < -0.3 is 0 Å². The second-order valence-corrected chi connectivity index (χ2v) is 2.76. The Bertz CT molecular complexity index is 471. The molecule has 2 rings (SSSR count). The highest BCUT2D eigenvalue weighted by atomic mass is 16.2. The molecular weight excluding hydrogens is 168 g/mol. The molecule has 0 fully saturated rings. The van der Waals surface area contributed by atoms with Gasteiger partial charge in [-0.15, -0.1) is 0 Å². The number of hydrogen-bond donors (Lipinski definition) is 1. The highest BCUT2D eigenvalue weighted by molar-refractivity contribution is 5.33. The standard InChI is InChI=1S/C8H8N4O/c1-6-3-2-4-7(5-6)12-8(13)9-10-11-12/h2-5H,1H3,(H,9,11,13). The highest BCUT2D eigenvalue weighted by Crippen LogP contribution is 2.05. The summed E-state index contributed by atoms with van der Waals surface area (Å²) in [6.07, 6.45) is 0. The zero-order valence-corrected chi connectivity index (χ0v) is 7.06. The van der Waals surface area contributed by atoms with Crippen LogP contribution in [0.25, 0.3) is 5.69 Å². The molecule has 0 unspecified atom stereocenters. The van der Waals surface area contributed by atoms with Crippen molar-refractivity contribution in [2.75, 3.05) is 0 Å². The van der Waals surface area contributed by atoms with Gasteiger partial charge in [0.2, 0.25) is 0 Å². The SMILES string of the molecule is Cc1cccc(-n2nn[nH]c2=O)c1. The van der Waals surface area contributed by atoms with Gasteiger partial charge in [-0.1, -0.05) is 12.1 Å². The molecular formula is C8H8N4O. The Morgan fingerprint density at radius 2 is 2.31 bits per heavy atom. The number of aromatic nitrogens is 4. The summed E-state index contributed by atoms with van der Waals surface area (Å²) in [5, 5.41) is 9.26. The van der Waals surface area contributed by atoms with Gasteiger partial charge in [0.1, 0.15) is 0 Å². The van der Waals surface area contributed by atoms with Crippen molar-refractivity contribution in [2.24, 2.45) is 0 Å². The first-order chi connectivity index (χ1) is 6.27. The van der Waals surface area contributed by atoms with Gasteiger partial charge in [0.15, 0.2) is 0 Å². The second-order valence-electron chi connectivity index (χ2n) is 2.76. The van der Waals surface area contributed by atoms with Crippen LogP contribution in [0.2, 0.25) is 0 Å². The first kappa shape index (κ1) is 7.72. The molecule has 13 heavy (non-hydrogen) atoms. The van der Waals surface area contributed by atoms with Crippen LogP contribution in [-0.2, 0) is 0 Å². The normalized spacial score (nSPS) is 10.2. The van der Waals surface area contributed by atoms with E-state index in [4.69, 9.17) is 0 Å². The number of hydrogen-bond acceptors (Lipinski definition) is 3. The molecule has 5 nitrogen and oxygen atoms in total. The van der Waals surface area contributed by atoms with Crippen LogP contribution in [-0.4, -0.2) is 20.2 Å². The minimum atomic E-state index is -0.328. The first-order valence-corrected chi connectivity index (χ1v) is 3.85. The van der Waals surface area contributed by atoms with E-state index in [1.54, 1.807) is 6.07 Å². The molecule has 2 aromatic rings. The van der Waals surface area contributed by atoms with Crippen molar-refractivity contribution in [2.45, 2.75) is 6.92 Å². The Hall–Kier alpha value is -1.91. The lowest BCUT2D eigenvalue weighted by atomic mass is 10.2. The zero-order valence-electron chi connectivity index (χ0n) is 7.06. The number of nitrogens with one attached hydrogen (secondary N) is 1. The molecule has 0 bridgehead atoms. The molecule has 1 heterocycles. The minimum Gasteiger partial charge on any atom is -0.244 e. The van der Waals surface area contributed by atoms with Gasteiger partial charge in [0.25, 0.3) is 0 Å². The van der Waals surface area contributed by atoms with Crippen molar-refractivity contribution in [3.05, 3.63) is 40.3 Å². The molecule has 0 spiro atoms. The van der Waals surface area contributed by atoms with Crippen molar-refractivity contribution in [1.29, 1.82) is 0 Å². The van der Waals surface area contributed by atoms with Gasteiger partial charge >= 0.3 is 5.69 Å². The van der Waals surface area contributed by atoms with Crippen LogP contribution < -0.4 is 5.69 Å². The average molecular weight is 176 g/mol. The molecule has 0 aliphatic heterocycles. The number of rotatable bonds is 1. The predicted octanol–water partition coefficient (Wildman–Crippen LogP) is 0.264. The Kier molecular flexibility index (Phi) is 1.70. The van der Waals surface area contributed by atoms with Gasteiger partial charge in [0, 0.05) is 0 Å². The molecule has 1 aromatic heterocycles. The fraction of sp³-hybridized carbons (Fsp3) is 0.125. The molecule has 0 aliphatic rings. The third-order valence-corrected chi connectivity index (χ3v) is 1.72. The van der Waals surface area contributed by atoms with E-state index in [1.807, 2.05) is 25.1 Å². The van der Waals surface area contributed by atoms with Gasteiger partial charge in [-0.2, -0.15) is 4.68 Å². The average Bonchev–Trinajstić information content (AvgIpc) is 2.51. The Balaban J connectivity index is 2.59. The third-order valence-electron chi connectivity index (χ3n) is 1.72. The van der Waals surface area contributed by atoms with E-state index in [1.165, 1.54) is 4.68 Å². The molecule has 66 valence electrons. The predicted molar refractivity (Wildman–Crippen MR) is 46.7 cm³/mol. The topological polar surface area (TPSA) is 63.6 Å². The molecule has 0 radical (unpaired) electrons. The molecule has 1 aromatic carbocycles. The van der Waals surface area contributed by atoms with Crippen molar-refractivity contribution in [3.63, 3.8) is 0 Å². The Morgan fingerprint density at radius 3 is 2.92 bits per heavy atom. The molecule has 0 aliphatic carbocycles. The van der Waals surface area contributed by atoms with Crippen LogP contribution >= 0.6 is 0 Å². The molecule has 5 heteroatoms. The minimum absolute atomic E-state index is 0.328. The van der Waals surface area contributed by atoms with E-state index in [0.717, 1.165) is 11.3 Å². The van der Waals surface area contributed by atoms with Gasteiger partial charge in [-0.3, -0.25) is 0 Å². The number of nitrogens with zero attached hydrogens (tertiary/aromatic N) is 3. The summed E-state index contributed by atoms with van der Waals surface area (Å²) >= 11 is 0. The van der Waals surface area contributed by atoms with Crippen LogP contribution in [0, 0.1) is 6.92 Å². The summed E-state index contributed by atoms with van der Waals surface area (Å²) in [5.41, 5.74) is 1.47. The lowest BCUT2D eigenvalue weighted by molar-refractivity contribution is 0.779. The monoisotopic (exact) mass is 176 g/mol. The summed E-state index contributed by atoms with van der Waals surface area (Å²) in [6.45, 7) is 1.95. The van der Waals surface area contributed by atoms with Crippen LogP contribution in [0.1, 0.15) is 5.56 Å². The smallest absolute Gasteiger partial charge is 0.244 e. The maximum absolute atomic E-state index is 11.1. The molecule has 0 atom stereocenters. The van der Waals surface area contributed by atoms with Crippen molar-refractivity contribution in [1.82, 2.24) is 20.2 Å². The largest absolute Gasteiger partial charge is 0.365 e. The fourth-order valence-electron chi connectivity index (χ4n) is 1.13. The van der Waals surface area contributed by atoms with E-state index in [2.05, 4.69) is 15.5 Å². The van der Waals surface area contributed by atoms with Gasteiger partial charge in [-0.25, -0.2) is 9.89 Å². The van der Waals surface area contributed by atoms with Crippen molar-refractivity contribution < 1.29 is 0 Å². The Morgan fingerprint density at radius 1 is 1.46 bits per heavy atom. The maximum atomic E-state index is 11.1. The second kappa shape index (κ2) is 2.85. The van der Waals surface area contributed by atoms with Gasteiger partial charge in [0.05, 0.1) is 5.69 Å². The number of H-pyrrole nitrogens is 1. The first-order valence-electron chi connectivity index (χ1n) is 3.85. The Labute approximate surface area is 74.0 Å². The van der Waals surface area contributed by atoms with Crippen molar-refractivity contribution in [3.8, 4) is 5.69 Å². The lowest BCUT2D eigenvalue weighted by Crippen LogP contribution is -2.15. The van der Waals surface area contributed by atoms with Gasteiger partial charge in [-0.05, 0) is 35.0 Å². The number of aromatic amines is 1. The van der Waals surface area contributed by atoms with Crippen LogP contribution in [0.4, 0.5) is 0 Å². The van der Waals surface area contributed by atoms with Crippen LogP contribution in [0.3, 0.4) is 0 Å². The summed E-state index contributed by atoms with van der Waals surface area (Å²) in [4.78, 5) is 11.1. The van der Waals surface area contributed by atoms with Crippen LogP contribution in [0.5, 0.6) is 0 Å². The molecule has 0 saturated carbocycles. The third kappa shape index (κ3) is 1.35. The van der Waals surface area contributed by atoms with E-state index >= 15 is 0 Å².